The highest BCUT2D eigenvalue weighted by Gasteiger charge is 2.23. The minimum absolute atomic E-state index is 0.00343. The molecule has 2 rings (SSSR count). The van der Waals surface area contributed by atoms with E-state index in [1.165, 1.54) is 0 Å². The van der Waals surface area contributed by atoms with Gasteiger partial charge in [-0.25, -0.2) is 0 Å². The Morgan fingerprint density at radius 2 is 1.94 bits per heavy atom. The molecule has 4 heteroatoms. The van der Waals surface area contributed by atoms with Crippen LogP contribution in [0.5, 0.6) is 0 Å². The number of hydrogen-bond donors (Lipinski definition) is 1. The van der Waals surface area contributed by atoms with E-state index in [1.54, 1.807) is 13.0 Å². The molecule has 1 aliphatic heterocycles. The number of ketones is 1. The Bertz CT molecular complexity index is 449. The first-order chi connectivity index (χ1) is 8.47. The Morgan fingerprint density at radius 3 is 2.50 bits per heavy atom. The van der Waals surface area contributed by atoms with Gasteiger partial charge in [0, 0.05) is 30.0 Å². The quantitative estimate of drug-likeness (QED) is 0.643. The van der Waals surface area contributed by atoms with Gasteiger partial charge in [0.05, 0.1) is 12.2 Å². The van der Waals surface area contributed by atoms with Crippen molar-refractivity contribution in [1.82, 2.24) is 0 Å². The number of benzene rings is 1. The summed E-state index contributed by atoms with van der Waals surface area (Å²) in [7, 11) is 0. The van der Waals surface area contributed by atoms with Gasteiger partial charge in [-0.1, -0.05) is 0 Å². The maximum atomic E-state index is 11.5. The van der Waals surface area contributed by atoms with Crippen LogP contribution >= 0.6 is 0 Å². The molecule has 18 heavy (non-hydrogen) atoms. The molecular formula is C14H20N2O2. The van der Waals surface area contributed by atoms with E-state index in [-0.39, 0.29) is 18.0 Å². The van der Waals surface area contributed by atoms with E-state index in [4.69, 9.17) is 10.5 Å². The Kier molecular flexibility index (Phi) is 3.57. The van der Waals surface area contributed by atoms with E-state index in [0.29, 0.717) is 11.3 Å². The van der Waals surface area contributed by atoms with E-state index in [0.717, 1.165) is 18.8 Å². The summed E-state index contributed by atoms with van der Waals surface area (Å²) in [6.07, 6.45) is 0.402. The molecule has 2 atom stereocenters. The zero-order chi connectivity index (χ0) is 13.3. The predicted molar refractivity (Wildman–Crippen MR) is 73.1 cm³/mol. The van der Waals surface area contributed by atoms with Gasteiger partial charge in [0.25, 0.3) is 0 Å². The fourth-order valence-corrected chi connectivity index (χ4v) is 2.43. The Balaban J connectivity index is 2.28. The van der Waals surface area contributed by atoms with Crippen LogP contribution in [0.15, 0.2) is 18.2 Å². The minimum atomic E-state index is 0.00343. The molecule has 2 N–H and O–H groups in total. The molecule has 0 bridgehead atoms. The summed E-state index contributed by atoms with van der Waals surface area (Å²) in [5.74, 6) is 0.00343. The van der Waals surface area contributed by atoms with Crippen molar-refractivity contribution in [1.29, 1.82) is 0 Å². The Morgan fingerprint density at radius 1 is 1.33 bits per heavy atom. The van der Waals surface area contributed by atoms with Crippen molar-refractivity contribution in [2.45, 2.75) is 33.0 Å². The number of anilines is 2. The van der Waals surface area contributed by atoms with Crippen molar-refractivity contribution < 1.29 is 9.53 Å². The summed E-state index contributed by atoms with van der Waals surface area (Å²) in [5.41, 5.74) is 7.99. The molecule has 1 saturated heterocycles. The molecule has 0 radical (unpaired) electrons. The van der Waals surface area contributed by atoms with Crippen LogP contribution in [-0.4, -0.2) is 31.1 Å². The number of nitrogens with two attached hydrogens (primary N) is 1. The largest absolute Gasteiger partial charge is 0.398 e. The number of nitrogen functional groups attached to an aromatic ring is 1. The van der Waals surface area contributed by atoms with Crippen molar-refractivity contribution >= 4 is 17.2 Å². The number of ether oxygens (including phenoxy) is 1. The first-order valence-corrected chi connectivity index (χ1v) is 6.28. The Labute approximate surface area is 108 Å². The number of rotatable bonds is 2. The Hall–Kier alpha value is -1.55. The summed E-state index contributed by atoms with van der Waals surface area (Å²) in [6, 6.07) is 5.64. The zero-order valence-electron chi connectivity index (χ0n) is 11.1. The molecule has 1 fully saturated rings. The van der Waals surface area contributed by atoms with Gasteiger partial charge in [-0.2, -0.15) is 0 Å². The van der Waals surface area contributed by atoms with Gasteiger partial charge in [0.15, 0.2) is 5.78 Å². The smallest absolute Gasteiger partial charge is 0.161 e. The standard InChI is InChI=1S/C14H20N2O2/c1-9-7-16(8-10(2)18-9)12-4-5-14(15)13(6-12)11(3)17/h4-6,9-10H,7-8,15H2,1-3H3/t9-,10+. The maximum absolute atomic E-state index is 11.5. The van der Waals surface area contributed by atoms with Crippen LogP contribution in [0.25, 0.3) is 0 Å². The minimum Gasteiger partial charge on any atom is -0.398 e. The van der Waals surface area contributed by atoms with E-state index in [1.807, 2.05) is 12.1 Å². The third kappa shape index (κ3) is 2.64. The highest BCUT2D eigenvalue weighted by Crippen LogP contribution is 2.24. The van der Waals surface area contributed by atoms with Gasteiger partial charge in [0.1, 0.15) is 0 Å². The third-order valence-electron chi connectivity index (χ3n) is 3.20. The summed E-state index contributed by atoms with van der Waals surface area (Å²) in [6.45, 7) is 7.34. The molecule has 1 aromatic carbocycles. The molecule has 4 nitrogen and oxygen atoms in total. The summed E-state index contributed by atoms with van der Waals surface area (Å²) < 4.78 is 5.71. The molecule has 1 heterocycles. The maximum Gasteiger partial charge on any atom is 0.161 e. The van der Waals surface area contributed by atoms with E-state index < -0.39 is 0 Å². The van der Waals surface area contributed by atoms with Gasteiger partial charge >= 0.3 is 0 Å². The van der Waals surface area contributed by atoms with Crippen LogP contribution in [0.3, 0.4) is 0 Å². The van der Waals surface area contributed by atoms with Crippen molar-refractivity contribution in [3.63, 3.8) is 0 Å². The number of Topliss-reactive ketones (excluding diaryl/α,β-unsaturated/α-hetero) is 1. The molecule has 98 valence electrons. The van der Waals surface area contributed by atoms with Crippen molar-refractivity contribution in [2.75, 3.05) is 23.7 Å². The topological polar surface area (TPSA) is 55.6 Å². The van der Waals surface area contributed by atoms with Gasteiger partial charge in [0.2, 0.25) is 0 Å². The number of nitrogens with zero attached hydrogens (tertiary/aromatic N) is 1. The SMILES string of the molecule is CC(=O)c1cc(N2C[C@@H](C)O[C@@H](C)C2)ccc1N. The lowest BCUT2D eigenvalue weighted by Gasteiger charge is -2.37. The molecule has 1 aliphatic rings. The number of carbonyl (C=O) groups excluding carboxylic acids is 1. The highest BCUT2D eigenvalue weighted by molar-refractivity contribution is 6.00. The van der Waals surface area contributed by atoms with Crippen LogP contribution in [-0.2, 0) is 4.74 Å². The van der Waals surface area contributed by atoms with Crippen LogP contribution in [0.1, 0.15) is 31.1 Å². The fraction of sp³-hybridized carbons (Fsp3) is 0.500. The van der Waals surface area contributed by atoms with Crippen molar-refractivity contribution in [3.8, 4) is 0 Å². The molecule has 1 aromatic rings. The fourth-order valence-electron chi connectivity index (χ4n) is 2.43. The highest BCUT2D eigenvalue weighted by atomic mass is 16.5. The lowest BCUT2D eigenvalue weighted by atomic mass is 10.1. The van der Waals surface area contributed by atoms with E-state index in [9.17, 15) is 4.79 Å². The average molecular weight is 248 g/mol. The molecular weight excluding hydrogens is 228 g/mol. The molecule has 0 saturated carbocycles. The zero-order valence-corrected chi connectivity index (χ0v) is 11.1. The van der Waals surface area contributed by atoms with Gasteiger partial charge in [-0.3, -0.25) is 4.79 Å². The van der Waals surface area contributed by atoms with E-state index in [2.05, 4.69) is 18.7 Å². The van der Waals surface area contributed by atoms with Gasteiger partial charge in [-0.15, -0.1) is 0 Å². The first-order valence-electron chi connectivity index (χ1n) is 6.28. The monoisotopic (exact) mass is 248 g/mol. The number of carbonyl (C=O) groups is 1. The van der Waals surface area contributed by atoms with Gasteiger partial charge in [-0.05, 0) is 39.0 Å². The van der Waals surface area contributed by atoms with Gasteiger partial charge < -0.3 is 15.4 Å². The summed E-state index contributed by atoms with van der Waals surface area (Å²) >= 11 is 0. The molecule has 0 aromatic heterocycles. The second kappa shape index (κ2) is 4.98. The van der Waals surface area contributed by atoms with E-state index >= 15 is 0 Å². The molecule has 0 unspecified atom stereocenters. The molecule has 0 spiro atoms. The lowest BCUT2D eigenvalue weighted by molar-refractivity contribution is -0.00521. The van der Waals surface area contributed by atoms with Crippen LogP contribution in [0, 0.1) is 0 Å². The second-order valence-corrected chi connectivity index (χ2v) is 4.99. The van der Waals surface area contributed by atoms with Crippen LogP contribution in [0.2, 0.25) is 0 Å². The van der Waals surface area contributed by atoms with Crippen LogP contribution < -0.4 is 10.6 Å². The predicted octanol–water partition coefficient (Wildman–Crippen LogP) is 2.08. The number of hydrogen-bond acceptors (Lipinski definition) is 4. The van der Waals surface area contributed by atoms with Crippen LogP contribution in [0.4, 0.5) is 11.4 Å². The summed E-state index contributed by atoms with van der Waals surface area (Å²) in [5, 5.41) is 0. The number of morpholine rings is 1. The first kappa shape index (κ1) is 12.9. The van der Waals surface area contributed by atoms with Crippen molar-refractivity contribution in [3.05, 3.63) is 23.8 Å². The average Bonchev–Trinajstić information content (AvgIpc) is 2.27. The third-order valence-corrected chi connectivity index (χ3v) is 3.20. The molecule has 0 aliphatic carbocycles. The second-order valence-electron chi connectivity index (χ2n) is 4.99. The molecule has 0 amide bonds. The normalized spacial score (nSPS) is 24.1. The lowest BCUT2D eigenvalue weighted by Crippen LogP contribution is -2.45. The summed E-state index contributed by atoms with van der Waals surface area (Å²) in [4.78, 5) is 13.7. The van der Waals surface area contributed by atoms with Crippen molar-refractivity contribution in [2.24, 2.45) is 0 Å².